The minimum absolute atomic E-state index is 0.0611. The highest BCUT2D eigenvalue weighted by Gasteiger charge is 2.17. The van der Waals surface area contributed by atoms with Gasteiger partial charge in [0.1, 0.15) is 13.2 Å². The Morgan fingerprint density at radius 3 is 2.79 bits per heavy atom. The monoisotopic (exact) mass is 350 g/mol. The molecule has 6 nitrogen and oxygen atoms in total. The van der Waals surface area contributed by atoms with Gasteiger partial charge in [0.05, 0.1) is 11.7 Å². The van der Waals surface area contributed by atoms with E-state index in [4.69, 9.17) is 25.6 Å². The van der Waals surface area contributed by atoms with E-state index in [1.807, 2.05) is 25.1 Å². The van der Waals surface area contributed by atoms with E-state index in [1.165, 1.54) is 0 Å². The van der Waals surface area contributed by atoms with Crippen LogP contribution in [0.3, 0.4) is 0 Å². The van der Waals surface area contributed by atoms with Crippen LogP contribution in [0.1, 0.15) is 36.2 Å². The van der Waals surface area contributed by atoms with Crippen molar-refractivity contribution >= 4 is 17.5 Å². The number of aromatic nitrogens is 1. The van der Waals surface area contributed by atoms with Gasteiger partial charge in [-0.3, -0.25) is 4.79 Å². The van der Waals surface area contributed by atoms with Gasteiger partial charge in [-0.2, -0.15) is 0 Å². The number of amides is 1. The van der Waals surface area contributed by atoms with E-state index >= 15 is 0 Å². The van der Waals surface area contributed by atoms with Crippen LogP contribution in [0, 0.1) is 6.92 Å². The van der Waals surface area contributed by atoms with E-state index in [-0.39, 0.29) is 17.2 Å². The lowest BCUT2D eigenvalue weighted by molar-refractivity contribution is -0.121. The van der Waals surface area contributed by atoms with E-state index in [0.717, 1.165) is 16.9 Å². The van der Waals surface area contributed by atoms with Crippen LogP contribution in [-0.4, -0.2) is 24.3 Å². The molecule has 1 unspecified atom stereocenters. The van der Waals surface area contributed by atoms with Crippen molar-refractivity contribution in [3.8, 4) is 11.5 Å². The number of nitrogens with zero attached hydrogens (tertiary/aromatic N) is 1. The Balaban J connectivity index is 1.58. The summed E-state index contributed by atoms with van der Waals surface area (Å²) in [5.41, 5.74) is 2.46. The molecule has 128 valence electrons. The van der Waals surface area contributed by atoms with Crippen LogP contribution in [0.15, 0.2) is 22.7 Å². The summed E-state index contributed by atoms with van der Waals surface area (Å²) < 4.78 is 16.0. The summed E-state index contributed by atoms with van der Waals surface area (Å²) in [5, 5.41) is 7.00. The summed E-state index contributed by atoms with van der Waals surface area (Å²) in [7, 11) is 0. The maximum absolute atomic E-state index is 12.2. The zero-order valence-electron chi connectivity index (χ0n) is 13.6. The van der Waals surface area contributed by atoms with Gasteiger partial charge in [-0.15, -0.1) is 0 Å². The zero-order chi connectivity index (χ0) is 17.1. The van der Waals surface area contributed by atoms with Gasteiger partial charge in [-0.25, -0.2) is 0 Å². The minimum Gasteiger partial charge on any atom is -0.486 e. The first-order valence-corrected chi connectivity index (χ1v) is 8.22. The second-order valence-electron chi connectivity index (χ2n) is 5.71. The number of hydrogen-bond acceptors (Lipinski definition) is 5. The first-order valence-electron chi connectivity index (χ1n) is 7.84. The van der Waals surface area contributed by atoms with E-state index in [9.17, 15) is 4.79 Å². The molecule has 7 heteroatoms. The third-order valence-corrected chi connectivity index (χ3v) is 4.28. The summed E-state index contributed by atoms with van der Waals surface area (Å²) in [6.45, 7) is 4.83. The molecule has 1 amide bonds. The molecule has 0 spiro atoms. The van der Waals surface area contributed by atoms with Crippen LogP contribution in [0.2, 0.25) is 5.22 Å². The quantitative estimate of drug-likeness (QED) is 0.896. The number of hydrogen-bond donors (Lipinski definition) is 1. The summed E-state index contributed by atoms with van der Waals surface area (Å²) >= 11 is 5.91. The van der Waals surface area contributed by atoms with Crippen molar-refractivity contribution in [3.63, 3.8) is 0 Å². The molecule has 1 aromatic carbocycles. The van der Waals surface area contributed by atoms with Crippen molar-refractivity contribution in [1.82, 2.24) is 10.5 Å². The number of benzene rings is 1. The van der Waals surface area contributed by atoms with E-state index in [2.05, 4.69) is 10.5 Å². The Morgan fingerprint density at radius 1 is 1.33 bits per heavy atom. The van der Waals surface area contributed by atoms with E-state index < -0.39 is 0 Å². The van der Waals surface area contributed by atoms with Crippen molar-refractivity contribution in [1.29, 1.82) is 0 Å². The van der Waals surface area contributed by atoms with Gasteiger partial charge in [0, 0.05) is 12.0 Å². The molecule has 0 fully saturated rings. The van der Waals surface area contributed by atoms with Crippen molar-refractivity contribution in [2.45, 2.75) is 32.7 Å². The number of nitrogens with one attached hydrogen (secondary N) is 1. The van der Waals surface area contributed by atoms with E-state index in [1.54, 1.807) is 6.92 Å². The zero-order valence-corrected chi connectivity index (χ0v) is 14.4. The predicted octanol–water partition coefficient (Wildman–Crippen LogP) is 3.22. The Bertz CT molecular complexity index is 725. The lowest BCUT2D eigenvalue weighted by Gasteiger charge is -2.21. The maximum atomic E-state index is 12.2. The molecule has 0 bridgehead atoms. The Morgan fingerprint density at radius 2 is 2.08 bits per heavy atom. The molecule has 2 heterocycles. The summed E-state index contributed by atoms with van der Waals surface area (Å²) in [4.78, 5) is 12.2. The van der Waals surface area contributed by atoms with Gasteiger partial charge < -0.3 is 19.3 Å². The molecular weight excluding hydrogens is 332 g/mol. The minimum atomic E-state index is -0.132. The van der Waals surface area contributed by atoms with Gasteiger partial charge >= 0.3 is 0 Å². The van der Waals surface area contributed by atoms with Gasteiger partial charge in [-0.1, -0.05) is 11.2 Å². The standard InChI is InChI=1S/C17H19ClN2O4/c1-10(12-3-5-14-15(9-12)23-8-7-22-14)19-16(21)6-4-13-11(2)20-24-17(13)18/h3,5,9-10H,4,6-8H2,1-2H3,(H,19,21). The second kappa shape index (κ2) is 7.13. The average molecular weight is 351 g/mol. The lowest BCUT2D eigenvalue weighted by Crippen LogP contribution is -2.27. The van der Waals surface area contributed by atoms with Gasteiger partial charge in [0.15, 0.2) is 11.5 Å². The van der Waals surface area contributed by atoms with E-state index in [0.29, 0.717) is 37.5 Å². The molecule has 1 aliphatic heterocycles. The highest BCUT2D eigenvalue weighted by molar-refractivity contribution is 6.29. The van der Waals surface area contributed by atoms with Crippen LogP contribution in [-0.2, 0) is 11.2 Å². The Hall–Kier alpha value is -2.21. The molecule has 1 atom stereocenters. The lowest BCUT2D eigenvalue weighted by atomic mass is 10.1. The van der Waals surface area contributed by atoms with Crippen molar-refractivity contribution < 1.29 is 18.8 Å². The molecule has 3 rings (SSSR count). The van der Waals surface area contributed by atoms with Crippen LogP contribution < -0.4 is 14.8 Å². The third kappa shape index (κ3) is 3.64. The Labute approximate surface area is 145 Å². The van der Waals surface area contributed by atoms with Gasteiger partial charge in [-0.05, 0) is 49.6 Å². The fourth-order valence-corrected chi connectivity index (χ4v) is 2.87. The van der Waals surface area contributed by atoms with Crippen molar-refractivity contribution in [2.75, 3.05) is 13.2 Å². The number of ether oxygens (including phenoxy) is 2. The fourth-order valence-electron chi connectivity index (χ4n) is 2.60. The normalized spacial score (nSPS) is 14.3. The molecule has 1 aliphatic rings. The van der Waals surface area contributed by atoms with Crippen LogP contribution in [0.25, 0.3) is 0 Å². The molecular formula is C17H19ClN2O4. The first kappa shape index (κ1) is 16.6. The molecule has 24 heavy (non-hydrogen) atoms. The molecule has 0 radical (unpaired) electrons. The molecule has 0 saturated carbocycles. The highest BCUT2D eigenvalue weighted by atomic mass is 35.5. The predicted molar refractivity (Wildman–Crippen MR) is 88.6 cm³/mol. The van der Waals surface area contributed by atoms with Crippen molar-refractivity contribution in [2.24, 2.45) is 0 Å². The summed E-state index contributed by atoms with van der Waals surface area (Å²) in [5.74, 6) is 1.39. The van der Waals surface area contributed by atoms with Crippen molar-refractivity contribution in [3.05, 3.63) is 40.2 Å². The Kier molecular flexibility index (Phi) is 4.94. The van der Waals surface area contributed by atoms with Gasteiger partial charge in [0.2, 0.25) is 11.1 Å². The number of halogens is 1. The van der Waals surface area contributed by atoms with Crippen LogP contribution >= 0.6 is 11.6 Å². The number of carbonyl (C=O) groups excluding carboxylic acids is 1. The fraction of sp³-hybridized carbons (Fsp3) is 0.412. The van der Waals surface area contributed by atoms with Crippen LogP contribution in [0.4, 0.5) is 0 Å². The number of rotatable bonds is 5. The van der Waals surface area contributed by atoms with Gasteiger partial charge in [0.25, 0.3) is 0 Å². The average Bonchev–Trinajstić information content (AvgIpc) is 2.90. The second-order valence-corrected chi connectivity index (χ2v) is 6.06. The maximum Gasteiger partial charge on any atom is 0.229 e. The summed E-state index contributed by atoms with van der Waals surface area (Å²) in [6.07, 6.45) is 0.810. The third-order valence-electron chi connectivity index (χ3n) is 3.98. The molecule has 0 aliphatic carbocycles. The highest BCUT2D eigenvalue weighted by Crippen LogP contribution is 2.32. The number of aryl methyl sites for hydroxylation is 1. The SMILES string of the molecule is Cc1noc(Cl)c1CCC(=O)NC(C)c1ccc2c(c1)OCCO2. The topological polar surface area (TPSA) is 73.6 Å². The smallest absolute Gasteiger partial charge is 0.229 e. The van der Waals surface area contributed by atoms with Crippen LogP contribution in [0.5, 0.6) is 11.5 Å². The molecule has 1 aromatic heterocycles. The largest absolute Gasteiger partial charge is 0.486 e. The summed E-state index contributed by atoms with van der Waals surface area (Å²) in [6, 6.07) is 5.57. The first-order chi connectivity index (χ1) is 11.5. The molecule has 1 N–H and O–H groups in total. The number of fused-ring (bicyclic) bond motifs is 1. The number of carbonyl (C=O) groups is 1. The molecule has 0 saturated heterocycles. The molecule has 2 aromatic rings.